The molecule has 3 heterocycles. The summed E-state index contributed by atoms with van der Waals surface area (Å²) >= 11 is 2.37. The molecule has 4 rings (SSSR count). The zero-order valence-corrected chi connectivity index (χ0v) is 16.7. The maximum absolute atomic E-state index is 12.2. The minimum atomic E-state index is -0.461. The predicted molar refractivity (Wildman–Crippen MR) is 111 cm³/mol. The zero-order valence-electron chi connectivity index (χ0n) is 15.1. The average molecular weight is 440 g/mol. The van der Waals surface area contributed by atoms with Gasteiger partial charge in [0.15, 0.2) is 5.13 Å². The standard InChI is InChI=1S/C18H12N6O4S2/c25-15(10-30-18-23-22-16(28-18)12-2-1-7-19-8-12)21-17-20-14(9-29-17)11-3-5-13(6-4-11)24(26)27/h1-9H,10H2,(H,20,21,25). The first-order chi connectivity index (χ1) is 14.6. The largest absolute Gasteiger partial charge is 0.411 e. The van der Waals surface area contributed by atoms with Crippen molar-refractivity contribution in [3.05, 3.63) is 64.3 Å². The van der Waals surface area contributed by atoms with Crippen LogP contribution in [-0.4, -0.2) is 36.7 Å². The molecule has 12 heteroatoms. The van der Waals surface area contributed by atoms with E-state index in [1.54, 1.807) is 42.0 Å². The summed E-state index contributed by atoms with van der Waals surface area (Å²) in [5, 5.41) is 23.8. The molecule has 0 atom stereocenters. The molecule has 0 saturated heterocycles. The van der Waals surface area contributed by atoms with Gasteiger partial charge >= 0.3 is 0 Å². The number of benzene rings is 1. The summed E-state index contributed by atoms with van der Waals surface area (Å²) < 4.78 is 5.52. The fraction of sp³-hybridized carbons (Fsp3) is 0.0556. The van der Waals surface area contributed by atoms with Gasteiger partial charge in [0.2, 0.25) is 11.8 Å². The van der Waals surface area contributed by atoms with Gasteiger partial charge in [0.1, 0.15) is 0 Å². The number of hydrogen-bond donors (Lipinski definition) is 1. The van der Waals surface area contributed by atoms with Gasteiger partial charge < -0.3 is 9.73 Å². The zero-order chi connectivity index (χ0) is 20.9. The van der Waals surface area contributed by atoms with Gasteiger partial charge in [0.05, 0.1) is 21.9 Å². The minimum Gasteiger partial charge on any atom is -0.411 e. The van der Waals surface area contributed by atoms with Crippen LogP contribution in [0.15, 0.2) is 63.8 Å². The van der Waals surface area contributed by atoms with Crippen molar-refractivity contribution in [3.63, 3.8) is 0 Å². The number of amides is 1. The Hall–Kier alpha value is -3.64. The van der Waals surface area contributed by atoms with Crippen LogP contribution in [0.3, 0.4) is 0 Å². The highest BCUT2D eigenvalue weighted by atomic mass is 32.2. The van der Waals surface area contributed by atoms with Gasteiger partial charge in [-0.1, -0.05) is 11.8 Å². The van der Waals surface area contributed by atoms with Crippen LogP contribution in [0, 0.1) is 10.1 Å². The number of thiazole rings is 1. The lowest BCUT2D eigenvalue weighted by molar-refractivity contribution is -0.384. The molecule has 1 aromatic carbocycles. The molecule has 0 aliphatic carbocycles. The van der Waals surface area contributed by atoms with Gasteiger partial charge in [0, 0.05) is 35.5 Å². The summed E-state index contributed by atoms with van der Waals surface area (Å²) in [6, 6.07) is 9.61. The van der Waals surface area contributed by atoms with Crippen molar-refractivity contribution in [3.8, 4) is 22.7 Å². The summed E-state index contributed by atoms with van der Waals surface area (Å²) in [6.45, 7) is 0. The van der Waals surface area contributed by atoms with E-state index in [4.69, 9.17) is 4.42 Å². The van der Waals surface area contributed by atoms with Crippen LogP contribution in [-0.2, 0) is 4.79 Å². The molecule has 0 unspecified atom stereocenters. The summed E-state index contributed by atoms with van der Waals surface area (Å²) in [5.74, 6) is 0.130. The number of nitrogens with zero attached hydrogens (tertiary/aromatic N) is 5. The highest BCUT2D eigenvalue weighted by molar-refractivity contribution is 7.99. The molecule has 1 amide bonds. The first-order valence-corrected chi connectivity index (χ1v) is 10.3. The summed E-state index contributed by atoms with van der Waals surface area (Å²) in [4.78, 5) is 30.8. The van der Waals surface area contributed by atoms with E-state index in [1.807, 2.05) is 0 Å². The van der Waals surface area contributed by atoms with E-state index in [0.717, 1.165) is 17.3 Å². The second-order valence-electron chi connectivity index (χ2n) is 5.79. The van der Waals surface area contributed by atoms with Gasteiger partial charge in [-0.25, -0.2) is 4.98 Å². The number of hydrogen-bond acceptors (Lipinski definition) is 10. The maximum atomic E-state index is 12.2. The van der Waals surface area contributed by atoms with E-state index in [2.05, 4.69) is 25.5 Å². The Morgan fingerprint density at radius 2 is 2.03 bits per heavy atom. The molecule has 0 aliphatic heterocycles. The lowest BCUT2D eigenvalue weighted by Crippen LogP contribution is -2.13. The number of nitrogens with one attached hydrogen (secondary N) is 1. The smallest absolute Gasteiger partial charge is 0.277 e. The van der Waals surface area contributed by atoms with Crippen molar-refractivity contribution in [2.24, 2.45) is 0 Å². The van der Waals surface area contributed by atoms with Crippen LogP contribution < -0.4 is 5.32 Å². The molecule has 0 bridgehead atoms. The Balaban J connectivity index is 1.33. The molecule has 0 spiro atoms. The lowest BCUT2D eigenvalue weighted by atomic mass is 10.1. The minimum absolute atomic E-state index is 0.00670. The number of non-ortho nitro benzene ring substituents is 1. The molecular weight excluding hydrogens is 428 g/mol. The topological polar surface area (TPSA) is 137 Å². The quantitative estimate of drug-likeness (QED) is 0.258. The highest BCUT2D eigenvalue weighted by Gasteiger charge is 2.13. The third kappa shape index (κ3) is 4.67. The van der Waals surface area contributed by atoms with Gasteiger partial charge in [-0.2, -0.15) is 0 Å². The van der Waals surface area contributed by atoms with Crippen molar-refractivity contribution < 1.29 is 14.1 Å². The first-order valence-electron chi connectivity index (χ1n) is 8.45. The van der Waals surface area contributed by atoms with E-state index < -0.39 is 4.92 Å². The fourth-order valence-corrected chi connectivity index (χ4v) is 3.67. The van der Waals surface area contributed by atoms with Crippen LogP contribution in [0.4, 0.5) is 10.8 Å². The normalized spacial score (nSPS) is 10.7. The van der Waals surface area contributed by atoms with Crippen molar-refractivity contribution in [2.45, 2.75) is 5.22 Å². The number of rotatable bonds is 7. The number of pyridine rings is 1. The fourth-order valence-electron chi connectivity index (χ4n) is 2.37. The van der Waals surface area contributed by atoms with Gasteiger partial charge in [-0.15, -0.1) is 21.5 Å². The van der Waals surface area contributed by atoms with Crippen molar-refractivity contribution >= 4 is 39.8 Å². The van der Waals surface area contributed by atoms with E-state index >= 15 is 0 Å². The molecule has 0 fully saturated rings. The number of anilines is 1. The monoisotopic (exact) mass is 440 g/mol. The number of thioether (sulfide) groups is 1. The van der Waals surface area contributed by atoms with Crippen LogP contribution in [0.2, 0.25) is 0 Å². The molecule has 0 aliphatic rings. The number of carbonyl (C=O) groups excluding carboxylic acids is 1. The Kier molecular flexibility index (Phi) is 5.77. The van der Waals surface area contributed by atoms with Crippen molar-refractivity contribution in [1.29, 1.82) is 0 Å². The number of nitro groups is 1. The Morgan fingerprint density at radius 3 is 2.77 bits per heavy atom. The third-order valence-corrected chi connectivity index (χ3v) is 5.34. The molecule has 3 aromatic heterocycles. The molecule has 4 aromatic rings. The number of carbonyl (C=O) groups is 1. The van der Waals surface area contributed by atoms with E-state index in [9.17, 15) is 14.9 Å². The number of aromatic nitrogens is 4. The van der Waals surface area contributed by atoms with E-state index in [0.29, 0.717) is 22.3 Å². The SMILES string of the molecule is O=C(CSc1nnc(-c2cccnc2)o1)Nc1nc(-c2ccc([N+](=O)[O-])cc2)cs1. The maximum Gasteiger partial charge on any atom is 0.277 e. The third-order valence-electron chi connectivity index (χ3n) is 3.77. The molecule has 150 valence electrons. The molecule has 1 N–H and O–H groups in total. The molecule has 0 saturated carbocycles. The summed E-state index contributed by atoms with van der Waals surface area (Å²) in [6.07, 6.45) is 3.26. The van der Waals surface area contributed by atoms with E-state index in [1.165, 1.54) is 23.5 Å². The molecular formula is C18H12N6O4S2. The van der Waals surface area contributed by atoms with Crippen LogP contribution in [0.1, 0.15) is 0 Å². The Morgan fingerprint density at radius 1 is 1.20 bits per heavy atom. The second-order valence-corrected chi connectivity index (χ2v) is 7.58. The first kappa shape index (κ1) is 19.7. The van der Waals surface area contributed by atoms with Crippen LogP contribution >= 0.6 is 23.1 Å². The number of nitro benzene ring substituents is 1. The predicted octanol–water partition coefficient (Wildman–Crippen LogP) is 3.89. The summed E-state index contributed by atoms with van der Waals surface area (Å²) in [5.41, 5.74) is 2.05. The highest BCUT2D eigenvalue weighted by Crippen LogP contribution is 2.27. The van der Waals surface area contributed by atoms with Gasteiger partial charge in [-0.05, 0) is 24.3 Å². The average Bonchev–Trinajstić information content (AvgIpc) is 3.43. The molecule has 10 nitrogen and oxygen atoms in total. The Bertz CT molecular complexity index is 1180. The Labute approximate surface area is 177 Å². The van der Waals surface area contributed by atoms with Crippen LogP contribution in [0.5, 0.6) is 0 Å². The summed E-state index contributed by atoms with van der Waals surface area (Å²) in [7, 11) is 0. The van der Waals surface area contributed by atoms with Gasteiger partial charge in [-0.3, -0.25) is 19.9 Å². The molecule has 30 heavy (non-hydrogen) atoms. The van der Waals surface area contributed by atoms with E-state index in [-0.39, 0.29) is 22.6 Å². The lowest BCUT2D eigenvalue weighted by Gasteiger charge is -1.99. The van der Waals surface area contributed by atoms with Crippen molar-refractivity contribution in [2.75, 3.05) is 11.1 Å². The van der Waals surface area contributed by atoms with Crippen LogP contribution in [0.25, 0.3) is 22.7 Å². The van der Waals surface area contributed by atoms with Crippen molar-refractivity contribution in [1.82, 2.24) is 20.2 Å². The van der Waals surface area contributed by atoms with Gasteiger partial charge in [0.25, 0.3) is 10.9 Å². The molecule has 0 radical (unpaired) electrons. The second kappa shape index (κ2) is 8.80.